The molecule has 0 unspecified atom stereocenters. The third-order valence-corrected chi connectivity index (χ3v) is 3.10. The van der Waals surface area contributed by atoms with Crippen LogP contribution in [0, 0.1) is 0 Å². The molecule has 1 spiro atoms. The summed E-state index contributed by atoms with van der Waals surface area (Å²) < 4.78 is 0. The minimum Gasteiger partial charge on any atom is -0.376 e. The summed E-state index contributed by atoms with van der Waals surface area (Å²) in [6, 6.07) is 3.77. The Morgan fingerprint density at radius 2 is 2.36 bits per heavy atom. The molecule has 3 rings (SSSR count). The number of hydrogen-bond acceptors (Lipinski definition) is 3. The summed E-state index contributed by atoms with van der Waals surface area (Å²) in [4.78, 5) is 17.4. The van der Waals surface area contributed by atoms with Gasteiger partial charge in [0.2, 0.25) is 5.91 Å². The van der Waals surface area contributed by atoms with Crippen molar-refractivity contribution in [1.29, 1.82) is 0 Å². The van der Waals surface area contributed by atoms with E-state index in [0.717, 1.165) is 18.4 Å². The Morgan fingerprint density at radius 1 is 1.57 bits per heavy atom. The minimum atomic E-state index is -0.327. The van der Waals surface area contributed by atoms with Gasteiger partial charge in [0.05, 0.1) is 5.41 Å². The third kappa shape index (κ3) is 0.726. The molecule has 1 amide bonds. The average molecular weight is 190 g/mol. The second-order valence-corrected chi connectivity index (χ2v) is 3.83. The number of aliphatic hydroxyl groups is 1. The van der Waals surface area contributed by atoms with E-state index in [1.165, 1.54) is 4.90 Å². The van der Waals surface area contributed by atoms with Crippen LogP contribution in [0.2, 0.25) is 0 Å². The van der Waals surface area contributed by atoms with Crippen LogP contribution in [0.1, 0.15) is 18.4 Å². The quantitative estimate of drug-likeness (QED) is 0.697. The number of anilines is 1. The number of aliphatic hydroxyl groups excluding tert-OH is 1. The zero-order chi connectivity index (χ0) is 9.76. The van der Waals surface area contributed by atoms with Crippen molar-refractivity contribution < 1.29 is 9.90 Å². The highest BCUT2D eigenvalue weighted by atomic mass is 16.3. The summed E-state index contributed by atoms with van der Waals surface area (Å²) in [6.45, 7) is -0.273. The molecule has 0 atom stereocenters. The predicted octanol–water partition coefficient (Wildman–Crippen LogP) is 0.410. The van der Waals surface area contributed by atoms with Crippen molar-refractivity contribution in [1.82, 2.24) is 4.98 Å². The van der Waals surface area contributed by atoms with Crippen LogP contribution >= 0.6 is 0 Å². The zero-order valence-corrected chi connectivity index (χ0v) is 7.60. The first-order valence-electron chi connectivity index (χ1n) is 4.68. The maximum absolute atomic E-state index is 11.9. The standard InChI is InChI=1S/C10H10N2O2/c13-6-12-8-7(2-1-5-11-8)10(3-4-10)9(12)14/h1-2,5,13H,3-4,6H2. The van der Waals surface area contributed by atoms with Crippen LogP contribution in [0.15, 0.2) is 18.3 Å². The molecule has 1 fully saturated rings. The molecule has 1 saturated carbocycles. The molecular weight excluding hydrogens is 180 g/mol. The van der Waals surface area contributed by atoms with Gasteiger partial charge in [-0.15, -0.1) is 0 Å². The molecule has 1 aliphatic heterocycles. The van der Waals surface area contributed by atoms with Gasteiger partial charge in [-0.3, -0.25) is 9.69 Å². The highest BCUT2D eigenvalue weighted by molar-refractivity contribution is 6.08. The number of carbonyl (C=O) groups excluding carboxylic acids is 1. The summed E-state index contributed by atoms with van der Waals surface area (Å²) in [6.07, 6.45) is 3.43. The zero-order valence-electron chi connectivity index (χ0n) is 7.60. The van der Waals surface area contributed by atoms with Gasteiger partial charge in [0, 0.05) is 11.8 Å². The summed E-state index contributed by atoms with van der Waals surface area (Å²) in [5, 5.41) is 9.11. The Kier molecular flexibility index (Phi) is 1.32. The average Bonchev–Trinajstić information content (AvgIpc) is 2.96. The van der Waals surface area contributed by atoms with Gasteiger partial charge in [0.15, 0.2) is 0 Å². The molecular formula is C10H10N2O2. The number of nitrogens with zero attached hydrogens (tertiary/aromatic N) is 2. The van der Waals surface area contributed by atoms with Crippen molar-refractivity contribution in [3.63, 3.8) is 0 Å². The fourth-order valence-corrected chi connectivity index (χ4v) is 2.19. The van der Waals surface area contributed by atoms with Crippen molar-refractivity contribution in [3.05, 3.63) is 23.9 Å². The van der Waals surface area contributed by atoms with Crippen molar-refractivity contribution in [3.8, 4) is 0 Å². The van der Waals surface area contributed by atoms with Gasteiger partial charge in [0.1, 0.15) is 12.5 Å². The van der Waals surface area contributed by atoms with E-state index in [4.69, 9.17) is 5.11 Å². The molecule has 0 saturated heterocycles. The first-order chi connectivity index (χ1) is 6.79. The molecule has 4 nitrogen and oxygen atoms in total. The van der Waals surface area contributed by atoms with Gasteiger partial charge in [0.25, 0.3) is 0 Å². The van der Waals surface area contributed by atoms with Crippen LogP contribution in [-0.4, -0.2) is 22.7 Å². The van der Waals surface area contributed by atoms with Crippen LogP contribution in [0.5, 0.6) is 0 Å². The lowest BCUT2D eigenvalue weighted by Gasteiger charge is -2.12. The summed E-state index contributed by atoms with van der Waals surface area (Å²) >= 11 is 0. The molecule has 2 aliphatic rings. The first-order valence-corrected chi connectivity index (χ1v) is 4.68. The number of rotatable bonds is 1. The molecule has 0 radical (unpaired) electrons. The second-order valence-electron chi connectivity index (χ2n) is 3.83. The first kappa shape index (κ1) is 7.94. The number of hydrogen-bond donors (Lipinski definition) is 1. The fourth-order valence-electron chi connectivity index (χ4n) is 2.19. The Bertz CT molecular complexity index is 412. The minimum absolute atomic E-state index is 0.00806. The molecule has 1 aromatic heterocycles. The molecule has 1 N–H and O–H groups in total. The summed E-state index contributed by atoms with van der Waals surface area (Å²) in [5.74, 6) is 0.645. The van der Waals surface area contributed by atoms with E-state index in [0.29, 0.717) is 5.82 Å². The maximum atomic E-state index is 11.9. The van der Waals surface area contributed by atoms with E-state index in [-0.39, 0.29) is 18.1 Å². The molecule has 14 heavy (non-hydrogen) atoms. The predicted molar refractivity (Wildman–Crippen MR) is 49.7 cm³/mol. The van der Waals surface area contributed by atoms with Gasteiger partial charge in [-0.1, -0.05) is 6.07 Å². The Morgan fingerprint density at radius 3 is 3.00 bits per heavy atom. The normalized spacial score (nSPS) is 21.5. The van der Waals surface area contributed by atoms with Crippen molar-refractivity contribution >= 4 is 11.7 Å². The monoisotopic (exact) mass is 190 g/mol. The number of amides is 1. The fraction of sp³-hybridized carbons (Fsp3) is 0.400. The van der Waals surface area contributed by atoms with E-state index in [9.17, 15) is 4.79 Å². The lowest BCUT2D eigenvalue weighted by Crippen LogP contribution is -2.32. The lowest BCUT2D eigenvalue weighted by molar-refractivity contribution is -0.120. The molecule has 1 aromatic rings. The Balaban J connectivity index is 2.21. The van der Waals surface area contributed by atoms with Gasteiger partial charge in [-0.05, 0) is 18.9 Å². The van der Waals surface area contributed by atoms with Gasteiger partial charge in [-0.2, -0.15) is 0 Å². The molecule has 0 aromatic carbocycles. The maximum Gasteiger partial charge on any atom is 0.240 e. The highest BCUT2D eigenvalue weighted by Crippen LogP contribution is 2.56. The molecule has 4 heteroatoms. The molecule has 1 aliphatic carbocycles. The number of carbonyl (C=O) groups is 1. The Hall–Kier alpha value is -1.42. The van der Waals surface area contributed by atoms with Crippen LogP contribution < -0.4 is 4.90 Å². The van der Waals surface area contributed by atoms with Crippen LogP contribution in [0.4, 0.5) is 5.82 Å². The van der Waals surface area contributed by atoms with Crippen LogP contribution in [0.3, 0.4) is 0 Å². The second kappa shape index (κ2) is 2.33. The topological polar surface area (TPSA) is 53.4 Å². The third-order valence-electron chi connectivity index (χ3n) is 3.10. The van der Waals surface area contributed by atoms with Crippen LogP contribution in [-0.2, 0) is 10.2 Å². The van der Waals surface area contributed by atoms with E-state index < -0.39 is 0 Å². The van der Waals surface area contributed by atoms with Crippen molar-refractivity contribution in [2.45, 2.75) is 18.3 Å². The van der Waals surface area contributed by atoms with Crippen molar-refractivity contribution in [2.24, 2.45) is 0 Å². The number of fused-ring (bicyclic) bond motifs is 2. The molecule has 72 valence electrons. The van der Waals surface area contributed by atoms with E-state index in [2.05, 4.69) is 4.98 Å². The number of aromatic nitrogens is 1. The SMILES string of the molecule is O=C1N(CO)c2ncccc2C12CC2. The lowest BCUT2D eigenvalue weighted by atomic mass is 10.00. The summed E-state index contributed by atoms with van der Waals surface area (Å²) in [7, 11) is 0. The Labute approximate surface area is 81.2 Å². The van der Waals surface area contributed by atoms with Crippen molar-refractivity contribution in [2.75, 3.05) is 11.6 Å². The van der Waals surface area contributed by atoms with Gasteiger partial charge < -0.3 is 5.11 Å². The van der Waals surface area contributed by atoms with E-state index in [1.54, 1.807) is 6.20 Å². The smallest absolute Gasteiger partial charge is 0.240 e. The highest BCUT2D eigenvalue weighted by Gasteiger charge is 2.59. The summed E-state index contributed by atoms with van der Waals surface area (Å²) in [5.41, 5.74) is 0.658. The van der Waals surface area contributed by atoms with E-state index in [1.807, 2.05) is 12.1 Å². The molecule has 2 heterocycles. The van der Waals surface area contributed by atoms with Gasteiger partial charge >= 0.3 is 0 Å². The molecule has 0 bridgehead atoms. The number of pyridine rings is 1. The van der Waals surface area contributed by atoms with E-state index >= 15 is 0 Å². The van der Waals surface area contributed by atoms with Crippen LogP contribution in [0.25, 0.3) is 0 Å². The largest absolute Gasteiger partial charge is 0.376 e. The van der Waals surface area contributed by atoms with Gasteiger partial charge in [-0.25, -0.2) is 4.98 Å².